The van der Waals surface area contributed by atoms with E-state index < -0.39 is 4.83 Å². The molecule has 0 fully saturated rings. The van der Waals surface area contributed by atoms with Crippen LogP contribution in [-0.2, 0) is 0 Å². The van der Waals surface area contributed by atoms with E-state index in [1.807, 2.05) is 0 Å². The summed E-state index contributed by atoms with van der Waals surface area (Å²) in [5.74, 6) is 3.90. The molecular formula is C6H7BrF2O. The van der Waals surface area contributed by atoms with Crippen molar-refractivity contribution in [3.8, 4) is 11.8 Å². The number of hydrogen-bond donors (Lipinski definition) is 1. The fraction of sp³-hybridized carbons (Fsp3) is 0.667. The number of aliphatic hydroxyl groups is 1. The zero-order valence-electron chi connectivity index (χ0n) is 5.20. The van der Waals surface area contributed by atoms with Gasteiger partial charge < -0.3 is 5.11 Å². The van der Waals surface area contributed by atoms with Gasteiger partial charge in [-0.1, -0.05) is 5.92 Å². The Hall–Kier alpha value is -0.140. The molecule has 0 amide bonds. The Morgan fingerprint density at radius 3 is 2.50 bits per heavy atom. The van der Waals surface area contributed by atoms with Crippen molar-refractivity contribution in [3.63, 3.8) is 0 Å². The lowest BCUT2D eigenvalue weighted by Gasteiger charge is -1.93. The van der Waals surface area contributed by atoms with E-state index in [1.165, 1.54) is 0 Å². The van der Waals surface area contributed by atoms with Gasteiger partial charge in [0.15, 0.2) is 0 Å². The molecule has 0 saturated carbocycles. The van der Waals surface area contributed by atoms with Gasteiger partial charge in [0, 0.05) is 29.0 Å². The number of rotatable bonds is 2. The predicted octanol–water partition coefficient (Wildman–Crippen LogP) is 1.75. The molecule has 0 aliphatic heterocycles. The molecular weight excluding hydrogens is 206 g/mol. The Labute approximate surface area is 66.6 Å². The molecule has 0 heterocycles. The van der Waals surface area contributed by atoms with E-state index in [0.717, 1.165) is 0 Å². The Bertz CT molecular complexity index is 142. The van der Waals surface area contributed by atoms with Gasteiger partial charge in [0.25, 0.3) is 0 Å². The predicted molar refractivity (Wildman–Crippen MR) is 38.0 cm³/mol. The summed E-state index contributed by atoms with van der Waals surface area (Å²) in [6.45, 7) is -0.0114. The summed E-state index contributed by atoms with van der Waals surface area (Å²) in [4.78, 5) is -3.08. The quantitative estimate of drug-likeness (QED) is 0.421. The first-order valence-corrected chi connectivity index (χ1v) is 3.53. The summed E-state index contributed by atoms with van der Waals surface area (Å²) in [6, 6.07) is 0. The van der Waals surface area contributed by atoms with Gasteiger partial charge in [-0.3, -0.25) is 0 Å². The van der Waals surface area contributed by atoms with E-state index in [-0.39, 0.29) is 6.61 Å². The highest BCUT2D eigenvalue weighted by atomic mass is 79.9. The van der Waals surface area contributed by atoms with Crippen LogP contribution in [0.3, 0.4) is 0 Å². The minimum Gasteiger partial charge on any atom is -0.396 e. The molecule has 4 heteroatoms. The molecule has 58 valence electrons. The van der Waals surface area contributed by atoms with Gasteiger partial charge in [-0.15, -0.1) is 0 Å². The number of aliphatic hydroxyl groups excluding tert-OH is 1. The van der Waals surface area contributed by atoms with Crippen LogP contribution >= 0.6 is 15.9 Å². The van der Waals surface area contributed by atoms with Crippen molar-refractivity contribution in [3.05, 3.63) is 0 Å². The van der Waals surface area contributed by atoms with Gasteiger partial charge >= 0.3 is 4.83 Å². The Morgan fingerprint density at radius 1 is 1.50 bits per heavy atom. The second-order valence-electron chi connectivity index (χ2n) is 1.63. The molecule has 0 aliphatic rings. The molecule has 1 N–H and O–H groups in total. The minimum atomic E-state index is -3.08. The SMILES string of the molecule is OCCCC#CC(F)(F)Br. The summed E-state index contributed by atoms with van der Waals surface area (Å²) < 4.78 is 23.7. The summed E-state index contributed by atoms with van der Waals surface area (Å²) >= 11 is 2.06. The molecule has 0 rings (SSSR count). The maximum Gasteiger partial charge on any atom is 0.363 e. The largest absolute Gasteiger partial charge is 0.396 e. The van der Waals surface area contributed by atoms with Crippen LogP contribution in [0.4, 0.5) is 8.78 Å². The lowest BCUT2D eigenvalue weighted by Crippen LogP contribution is -1.98. The lowest BCUT2D eigenvalue weighted by molar-refractivity contribution is 0.182. The first-order valence-electron chi connectivity index (χ1n) is 2.74. The van der Waals surface area contributed by atoms with Crippen LogP contribution in [0.2, 0.25) is 0 Å². The topological polar surface area (TPSA) is 20.2 Å². The van der Waals surface area contributed by atoms with Crippen molar-refractivity contribution in [2.75, 3.05) is 6.61 Å². The summed E-state index contributed by atoms with van der Waals surface area (Å²) in [5, 5.41) is 8.23. The smallest absolute Gasteiger partial charge is 0.363 e. The first-order chi connectivity index (χ1) is 4.56. The molecule has 0 saturated heterocycles. The second-order valence-corrected chi connectivity index (χ2v) is 2.62. The number of halogens is 3. The first kappa shape index (κ1) is 9.86. The molecule has 0 bridgehead atoms. The Balaban J connectivity index is 3.50. The lowest BCUT2D eigenvalue weighted by atomic mass is 10.3. The van der Waals surface area contributed by atoms with Crippen molar-refractivity contribution >= 4 is 15.9 Å². The van der Waals surface area contributed by atoms with Crippen molar-refractivity contribution in [2.45, 2.75) is 17.7 Å². The highest BCUT2D eigenvalue weighted by Crippen LogP contribution is 2.19. The van der Waals surface area contributed by atoms with E-state index in [9.17, 15) is 8.78 Å². The number of alkyl halides is 3. The van der Waals surface area contributed by atoms with Crippen LogP contribution in [0.15, 0.2) is 0 Å². The van der Waals surface area contributed by atoms with Gasteiger partial charge in [-0.2, -0.15) is 8.78 Å². The standard InChI is InChI=1S/C6H7BrF2O/c7-6(8,9)4-2-1-3-5-10/h10H,1,3,5H2. The van der Waals surface area contributed by atoms with Crippen molar-refractivity contribution < 1.29 is 13.9 Å². The van der Waals surface area contributed by atoms with Crippen molar-refractivity contribution in [2.24, 2.45) is 0 Å². The molecule has 0 radical (unpaired) electrons. The van der Waals surface area contributed by atoms with Gasteiger partial charge in [-0.25, -0.2) is 0 Å². The van der Waals surface area contributed by atoms with E-state index in [0.29, 0.717) is 12.8 Å². The maximum atomic E-state index is 11.8. The van der Waals surface area contributed by atoms with Crippen LogP contribution in [0.1, 0.15) is 12.8 Å². The van der Waals surface area contributed by atoms with Crippen molar-refractivity contribution in [1.29, 1.82) is 0 Å². The Morgan fingerprint density at radius 2 is 2.10 bits per heavy atom. The third-order valence-electron chi connectivity index (χ3n) is 0.690. The second kappa shape index (κ2) is 4.64. The third-order valence-corrected chi connectivity index (χ3v) is 0.888. The monoisotopic (exact) mass is 212 g/mol. The zero-order valence-corrected chi connectivity index (χ0v) is 6.79. The molecule has 0 unspecified atom stereocenters. The molecule has 0 aliphatic carbocycles. The molecule has 0 aromatic rings. The fourth-order valence-corrected chi connectivity index (χ4v) is 0.470. The highest BCUT2D eigenvalue weighted by Gasteiger charge is 2.18. The van der Waals surface area contributed by atoms with Crippen LogP contribution in [-0.4, -0.2) is 16.5 Å². The third kappa shape index (κ3) is 7.86. The van der Waals surface area contributed by atoms with Crippen molar-refractivity contribution in [1.82, 2.24) is 0 Å². The van der Waals surface area contributed by atoms with E-state index in [1.54, 1.807) is 5.92 Å². The van der Waals surface area contributed by atoms with Gasteiger partial charge in [0.2, 0.25) is 0 Å². The van der Waals surface area contributed by atoms with E-state index in [2.05, 4.69) is 21.9 Å². The summed E-state index contributed by atoms with van der Waals surface area (Å²) in [6.07, 6.45) is 0.744. The summed E-state index contributed by atoms with van der Waals surface area (Å²) in [5.41, 5.74) is 0. The van der Waals surface area contributed by atoms with Gasteiger partial charge in [0.05, 0.1) is 0 Å². The Kier molecular flexibility index (Phi) is 4.58. The zero-order chi connectivity index (χ0) is 8.04. The minimum absolute atomic E-state index is 0.0114. The molecule has 1 nitrogen and oxygen atoms in total. The molecule has 0 atom stereocenters. The molecule has 0 spiro atoms. The molecule has 0 aromatic carbocycles. The normalized spacial score (nSPS) is 10.4. The number of unbranched alkanes of at least 4 members (excludes halogenated alkanes) is 1. The van der Waals surface area contributed by atoms with E-state index in [4.69, 9.17) is 5.11 Å². The van der Waals surface area contributed by atoms with Crippen LogP contribution < -0.4 is 0 Å². The van der Waals surface area contributed by atoms with Gasteiger partial charge in [0.1, 0.15) is 0 Å². The average Bonchev–Trinajstić information content (AvgIpc) is 1.78. The molecule has 0 aromatic heterocycles. The van der Waals surface area contributed by atoms with Gasteiger partial charge in [-0.05, 0) is 12.3 Å². The summed E-state index contributed by atoms with van der Waals surface area (Å²) in [7, 11) is 0. The van der Waals surface area contributed by atoms with E-state index >= 15 is 0 Å². The van der Waals surface area contributed by atoms with Crippen LogP contribution in [0.25, 0.3) is 0 Å². The average molecular weight is 213 g/mol. The fourth-order valence-electron chi connectivity index (χ4n) is 0.330. The van der Waals surface area contributed by atoms with Crippen LogP contribution in [0, 0.1) is 11.8 Å². The van der Waals surface area contributed by atoms with Crippen LogP contribution in [0.5, 0.6) is 0 Å². The number of hydrogen-bond acceptors (Lipinski definition) is 1. The highest BCUT2D eigenvalue weighted by molar-refractivity contribution is 9.10. The molecule has 10 heavy (non-hydrogen) atoms. The maximum absolute atomic E-state index is 11.8.